The molecule has 0 heterocycles. The molecule has 2 aromatic carbocycles. The molecular formula is C15H13ClN2OS. The van der Waals surface area contributed by atoms with Gasteiger partial charge in [0, 0.05) is 10.7 Å². The van der Waals surface area contributed by atoms with E-state index in [1.54, 1.807) is 24.3 Å². The number of rotatable bonds is 4. The van der Waals surface area contributed by atoms with Crippen LogP contribution in [0.2, 0.25) is 5.02 Å². The SMILES string of the molecule is NC(=S)C(C(=O)Nc1ccc(Cl)cc1)c1ccccc1. The lowest BCUT2D eigenvalue weighted by Gasteiger charge is -2.16. The van der Waals surface area contributed by atoms with Gasteiger partial charge < -0.3 is 11.1 Å². The summed E-state index contributed by atoms with van der Waals surface area (Å²) < 4.78 is 0. The molecule has 0 spiro atoms. The minimum atomic E-state index is -0.651. The van der Waals surface area contributed by atoms with Crippen molar-refractivity contribution in [3.63, 3.8) is 0 Å². The van der Waals surface area contributed by atoms with E-state index in [0.29, 0.717) is 10.7 Å². The third-order valence-corrected chi connectivity index (χ3v) is 3.28. The Bertz CT molecular complexity index is 614. The molecule has 1 atom stereocenters. The minimum Gasteiger partial charge on any atom is -0.392 e. The second-order valence-corrected chi connectivity index (χ2v) is 5.15. The molecule has 0 saturated heterocycles. The van der Waals surface area contributed by atoms with E-state index in [1.165, 1.54) is 0 Å². The standard InChI is InChI=1S/C15H13ClN2OS/c16-11-6-8-12(9-7-11)18-15(19)13(14(17)20)10-4-2-1-3-5-10/h1-9,13H,(H2,17,20)(H,18,19). The molecule has 1 unspecified atom stereocenters. The molecule has 2 aromatic rings. The van der Waals surface area contributed by atoms with Crippen molar-refractivity contribution in [1.29, 1.82) is 0 Å². The summed E-state index contributed by atoms with van der Waals surface area (Å²) in [7, 11) is 0. The number of halogens is 1. The van der Waals surface area contributed by atoms with E-state index in [-0.39, 0.29) is 10.9 Å². The Hall–Kier alpha value is -1.91. The highest BCUT2D eigenvalue weighted by Crippen LogP contribution is 2.20. The summed E-state index contributed by atoms with van der Waals surface area (Å²) in [6.45, 7) is 0. The van der Waals surface area contributed by atoms with E-state index < -0.39 is 5.92 Å². The highest BCUT2D eigenvalue weighted by molar-refractivity contribution is 7.80. The largest absolute Gasteiger partial charge is 0.392 e. The Kier molecular flexibility index (Phi) is 4.71. The second kappa shape index (κ2) is 6.50. The molecule has 0 aliphatic rings. The van der Waals surface area contributed by atoms with Crippen LogP contribution >= 0.6 is 23.8 Å². The molecule has 20 heavy (non-hydrogen) atoms. The van der Waals surface area contributed by atoms with Crippen molar-refractivity contribution in [3.8, 4) is 0 Å². The van der Waals surface area contributed by atoms with Gasteiger partial charge in [0.1, 0.15) is 5.92 Å². The molecule has 102 valence electrons. The van der Waals surface area contributed by atoms with Gasteiger partial charge in [-0.15, -0.1) is 0 Å². The molecule has 0 radical (unpaired) electrons. The van der Waals surface area contributed by atoms with E-state index in [1.807, 2.05) is 30.3 Å². The average molecular weight is 305 g/mol. The number of amides is 1. The lowest BCUT2D eigenvalue weighted by molar-refractivity contribution is -0.116. The molecule has 1 amide bonds. The van der Waals surface area contributed by atoms with Gasteiger partial charge in [0.05, 0.1) is 4.99 Å². The van der Waals surface area contributed by atoms with Crippen molar-refractivity contribution in [1.82, 2.24) is 0 Å². The van der Waals surface area contributed by atoms with Crippen LogP contribution in [0.15, 0.2) is 54.6 Å². The number of carbonyl (C=O) groups is 1. The van der Waals surface area contributed by atoms with Gasteiger partial charge in [0.2, 0.25) is 5.91 Å². The van der Waals surface area contributed by atoms with E-state index in [2.05, 4.69) is 5.32 Å². The third kappa shape index (κ3) is 3.56. The summed E-state index contributed by atoms with van der Waals surface area (Å²) in [5.41, 5.74) is 7.12. The van der Waals surface area contributed by atoms with Crippen LogP contribution in [0, 0.1) is 0 Å². The van der Waals surface area contributed by atoms with Gasteiger partial charge in [0.25, 0.3) is 0 Å². The average Bonchev–Trinajstić information content (AvgIpc) is 2.42. The first-order valence-electron chi connectivity index (χ1n) is 5.98. The van der Waals surface area contributed by atoms with Gasteiger partial charge in [0.15, 0.2) is 0 Å². The number of nitrogens with two attached hydrogens (primary N) is 1. The van der Waals surface area contributed by atoms with Crippen LogP contribution in [0.3, 0.4) is 0 Å². The van der Waals surface area contributed by atoms with Crippen molar-refractivity contribution >= 4 is 40.4 Å². The van der Waals surface area contributed by atoms with Crippen LogP contribution in [0.4, 0.5) is 5.69 Å². The Balaban J connectivity index is 2.20. The smallest absolute Gasteiger partial charge is 0.238 e. The van der Waals surface area contributed by atoms with Crippen LogP contribution in [0.5, 0.6) is 0 Å². The lowest BCUT2D eigenvalue weighted by atomic mass is 9.98. The number of carbonyl (C=O) groups excluding carboxylic acids is 1. The van der Waals surface area contributed by atoms with Crippen LogP contribution in [-0.4, -0.2) is 10.9 Å². The van der Waals surface area contributed by atoms with Crippen molar-refractivity contribution in [2.24, 2.45) is 5.73 Å². The predicted octanol–water partition coefficient (Wildman–Crippen LogP) is 3.35. The van der Waals surface area contributed by atoms with Crippen LogP contribution in [-0.2, 0) is 4.79 Å². The van der Waals surface area contributed by atoms with Crippen molar-refractivity contribution in [2.45, 2.75) is 5.92 Å². The van der Waals surface area contributed by atoms with Crippen molar-refractivity contribution in [2.75, 3.05) is 5.32 Å². The molecule has 0 aliphatic heterocycles. The van der Waals surface area contributed by atoms with Gasteiger partial charge in [-0.2, -0.15) is 0 Å². The van der Waals surface area contributed by atoms with E-state index in [4.69, 9.17) is 29.6 Å². The number of nitrogens with one attached hydrogen (secondary N) is 1. The molecule has 0 aromatic heterocycles. The number of thiocarbonyl (C=S) groups is 1. The fraction of sp³-hybridized carbons (Fsp3) is 0.0667. The number of hydrogen-bond acceptors (Lipinski definition) is 2. The van der Waals surface area contributed by atoms with Crippen LogP contribution in [0.25, 0.3) is 0 Å². The Morgan fingerprint density at radius 2 is 1.70 bits per heavy atom. The lowest BCUT2D eigenvalue weighted by Crippen LogP contribution is -2.31. The second-order valence-electron chi connectivity index (χ2n) is 4.24. The molecule has 2 rings (SSSR count). The summed E-state index contributed by atoms with van der Waals surface area (Å²) in [6, 6.07) is 16.1. The molecule has 3 nitrogen and oxygen atoms in total. The molecule has 0 fully saturated rings. The van der Waals surface area contributed by atoms with Gasteiger partial charge in [-0.05, 0) is 29.8 Å². The maximum Gasteiger partial charge on any atom is 0.238 e. The van der Waals surface area contributed by atoms with E-state index in [9.17, 15) is 4.79 Å². The zero-order chi connectivity index (χ0) is 14.5. The van der Waals surface area contributed by atoms with Crippen LogP contribution in [0.1, 0.15) is 11.5 Å². The summed E-state index contributed by atoms with van der Waals surface area (Å²) in [5, 5.41) is 3.39. The maximum atomic E-state index is 12.3. The number of anilines is 1. The van der Waals surface area contributed by atoms with Crippen molar-refractivity contribution < 1.29 is 4.79 Å². The first-order chi connectivity index (χ1) is 9.58. The summed E-state index contributed by atoms with van der Waals surface area (Å²) in [5.74, 6) is -0.909. The van der Waals surface area contributed by atoms with Gasteiger partial charge in [-0.1, -0.05) is 54.2 Å². The Morgan fingerprint density at radius 3 is 2.25 bits per heavy atom. The monoisotopic (exact) mass is 304 g/mol. The Labute approximate surface area is 127 Å². The zero-order valence-electron chi connectivity index (χ0n) is 10.5. The molecule has 0 bridgehead atoms. The van der Waals surface area contributed by atoms with E-state index >= 15 is 0 Å². The maximum absolute atomic E-state index is 12.3. The first-order valence-corrected chi connectivity index (χ1v) is 6.77. The summed E-state index contributed by atoms with van der Waals surface area (Å²) in [6.07, 6.45) is 0. The predicted molar refractivity (Wildman–Crippen MR) is 86.1 cm³/mol. The molecule has 0 aliphatic carbocycles. The topological polar surface area (TPSA) is 55.1 Å². The third-order valence-electron chi connectivity index (χ3n) is 2.79. The molecule has 0 saturated carbocycles. The summed E-state index contributed by atoms with van der Waals surface area (Å²) >= 11 is 10.8. The normalized spacial score (nSPS) is 11.7. The molecular weight excluding hydrogens is 292 g/mol. The van der Waals surface area contributed by atoms with Crippen molar-refractivity contribution in [3.05, 3.63) is 65.2 Å². The molecule has 5 heteroatoms. The number of hydrogen-bond donors (Lipinski definition) is 2. The Morgan fingerprint density at radius 1 is 1.10 bits per heavy atom. The first kappa shape index (κ1) is 14.5. The van der Waals surface area contributed by atoms with E-state index in [0.717, 1.165) is 5.56 Å². The zero-order valence-corrected chi connectivity index (χ0v) is 12.1. The summed E-state index contributed by atoms with van der Waals surface area (Å²) in [4.78, 5) is 12.5. The van der Waals surface area contributed by atoms with Gasteiger partial charge in [-0.3, -0.25) is 4.79 Å². The quantitative estimate of drug-likeness (QED) is 0.852. The number of benzene rings is 2. The minimum absolute atomic E-state index is 0.141. The highest BCUT2D eigenvalue weighted by Gasteiger charge is 2.23. The fourth-order valence-electron chi connectivity index (χ4n) is 1.84. The van der Waals surface area contributed by atoms with Crippen LogP contribution < -0.4 is 11.1 Å². The van der Waals surface area contributed by atoms with Gasteiger partial charge in [-0.25, -0.2) is 0 Å². The van der Waals surface area contributed by atoms with Gasteiger partial charge >= 0.3 is 0 Å². The fourth-order valence-corrected chi connectivity index (χ4v) is 2.21. The highest BCUT2D eigenvalue weighted by atomic mass is 35.5. The molecule has 3 N–H and O–H groups in total.